The number of ether oxygens (including phenoxy) is 1. The molecule has 1 aromatic heterocycles. The van der Waals surface area contributed by atoms with E-state index in [4.69, 9.17) is 10.5 Å². The summed E-state index contributed by atoms with van der Waals surface area (Å²) in [5.74, 6) is 1.13. The lowest BCUT2D eigenvalue weighted by molar-refractivity contribution is -0.119. The fraction of sp³-hybridized carbons (Fsp3) is 0.750. The van der Waals surface area contributed by atoms with Crippen LogP contribution >= 0.6 is 11.8 Å². The zero-order valence-corrected chi connectivity index (χ0v) is 12.5. The maximum Gasteiger partial charge on any atom is 0.230 e. The zero-order chi connectivity index (χ0) is 14.4. The van der Waals surface area contributed by atoms with Gasteiger partial charge in [0, 0.05) is 25.8 Å². The Kier molecular flexibility index (Phi) is 5.81. The van der Waals surface area contributed by atoms with Crippen molar-refractivity contribution in [3.63, 3.8) is 0 Å². The Morgan fingerprint density at radius 2 is 2.25 bits per heavy atom. The first-order chi connectivity index (χ1) is 9.74. The fourth-order valence-corrected chi connectivity index (χ4v) is 2.97. The van der Waals surface area contributed by atoms with Gasteiger partial charge in [-0.05, 0) is 19.8 Å². The Morgan fingerprint density at radius 3 is 2.90 bits per heavy atom. The van der Waals surface area contributed by atoms with Crippen LogP contribution < -0.4 is 11.1 Å². The normalized spacial score (nSPS) is 16.3. The van der Waals surface area contributed by atoms with Crippen molar-refractivity contribution < 1.29 is 9.53 Å². The second kappa shape index (κ2) is 7.61. The first-order valence-corrected chi connectivity index (χ1v) is 7.85. The predicted molar refractivity (Wildman–Crippen MR) is 76.3 cm³/mol. The standard InChI is InChI=1S/C12H21N5O2S/c1-2-17-10(7-13)15-16-12(17)20-8-11(18)14-9-3-5-19-6-4-9/h9H,2-8,13H2,1H3,(H,14,18). The highest BCUT2D eigenvalue weighted by atomic mass is 32.2. The molecular formula is C12H21N5O2S. The highest BCUT2D eigenvalue weighted by molar-refractivity contribution is 7.99. The van der Waals surface area contributed by atoms with Gasteiger partial charge in [0.15, 0.2) is 5.16 Å². The van der Waals surface area contributed by atoms with Gasteiger partial charge in [-0.2, -0.15) is 0 Å². The fourth-order valence-electron chi connectivity index (χ4n) is 2.14. The first-order valence-electron chi connectivity index (χ1n) is 6.86. The number of amides is 1. The molecule has 8 heteroatoms. The molecule has 0 radical (unpaired) electrons. The van der Waals surface area contributed by atoms with Gasteiger partial charge >= 0.3 is 0 Å². The van der Waals surface area contributed by atoms with Gasteiger partial charge in [-0.25, -0.2) is 0 Å². The second-order valence-corrected chi connectivity index (χ2v) is 5.53. The molecule has 2 rings (SSSR count). The average Bonchev–Trinajstić information content (AvgIpc) is 2.88. The minimum absolute atomic E-state index is 0.0295. The first kappa shape index (κ1) is 15.3. The summed E-state index contributed by atoms with van der Waals surface area (Å²) in [6, 6.07) is 0.237. The number of rotatable bonds is 6. The van der Waals surface area contributed by atoms with Crippen LogP contribution in [0.3, 0.4) is 0 Å². The quantitative estimate of drug-likeness (QED) is 0.726. The van der Waals surface area contributed by atoms with Crippen LogP contribution in [0.4, 0.5) is 0 Å². The molecule has 0 atom stereocenters. The van der Waals surface area contributed by atoms with E-state index in [1.54, 1.807) is 0 Å². The summed E-state index contributed by atoms with van der Waals surface area (Å²) in [5.41, 5.74) is 5.60. The summed E-state index contributed by atoms with van der Waals surface area (Å²) in [4.78, 5) is 11.9. The Hall–Kier alpha value is -1.12. The molecule has 2 heterocycles. The minimum atomic E-state index is 0.0295. The summed E-state index contributed by atoms with van der Waals surface area (Å²) in [6.07, 6.45) is 1.78. The Balaban J connectivity index is 1.82. The molecule has 20 heavy (non-hydrogen) atoms. The third-order valence-corrected chi connectivity index (χ3v) is 4.18. The van der Waals surface area contributed by atoms with E-state index in [-0.39, 0.29) is 11.9 Å². The molecule has 0 saturated carbocycles. The number of hydrogen-bond donors (Lipinski definition) is 2. The molecule has 0 aliphatic carbocycles. The van der Waals surface area contributed by atoms with E-state index in [2.05, 4.69) is 15.5 Å². The van der Waals surface area contributed by atoms with Crippen LogP contribution in [0, 0.1) is 0 Å². The SMILES string of the molecule is CCn1c(CN)nnc1SCC(=O)NC1CCOCC1. The smallest absolute Gasteiger partial charge is 0.230 e. The lowest BCUT2D eigenvalue weighted by Crippen LogP contribution is -2.39. The second-order valence-electron chi connectivity index (χ2n) is 4.59. The number of thioether (sulfide) groups is 1. The van der Waals surface area contributed by atoms with Crippen LogP contribution in [0.15, 0.2) is 5.16 Å². The molecule has 7 nitrogen and oxygen atoms in total. The molecule has 1 aliphatic heterocycles. The van der Waals surface area contributed by atoms with Crippen molar-refractivity contribution in [2.75, 3.05) is 19.0 Å². The van der Waals surface area contributed by atoms with Crippen molar-refractivity contribution in [2.45, 2.75) is 44.1 Å². The molecule has 0 bridgehead atoms. The molecule has 112 valence electrons. The highest BCUT2D eigenvalue weighted by Gasteiger charge is 2.17. The minimum Gasteiger partial charge on any atom is -0.381 e. The summed E-state index contributed by atoms with van der Waals surface area (Å²) in [7, 11) is 0. The van der Waals surface area contributed by atoms with E-state index < -0.39 is 0 Å². The Labute approximate surface area is 122 Å². The van der Waals surface area contributed by atoms with E-state index in [9.17, 15) is 4.79 Å². The van der Waals surface area contributed by atoms with Crippen molar-refractivity contribution in [1.29, 1.82) is 0 Å². The van der Waals surface area contributed by atoms with Crippen LogP contribution in [0.25, 0.3) is 0 Å². The molecule has 0 aromatic carbocycles. The van der Waals surface area contributed by atoms with Crippen LogP contribution in [-0.4, -0.2) is 45.7 Å². The lowest BCUT2D eigenvalue weighted by atomic mass is 10.1. The molecule has 1 saturated heterocycles. The number of nitrogens with two attached hydrogens (primary N) is 1. The number of nitrogens with one attached hydrogen (secondary N) is 1. The average molecular weight is 299 g/mol. The summed E-state index contributed by atoms with van der Waals surface area (Å²) < 4.78 is 7.20. The molecule has 3 N–H and O–H groups in total. The molecule has 1 aliphatic rings. The van der Waals surface area contributed by atoms with Crippen molar-refractivity contribution in [3.05, 3.63) is 5.82 Å². The number of carbonyl (C=O) groups is 1. The highest BCUT2D eigenvalue weighted by Crippen LogP contribution is 2.17. The van der Waals surface area contributed by atoms with Crippen molar-refractivity contribution in [3.8, 4) is 0 Å². The number of hydrogen-bond acceptors (Lipinski definition) is 6. The van der Waals surface area contributed by atoms with Crippen molar-refractivity contribution in [1.82, 2.24) is 20.1 Å². The monoisotopic (exact) mass is 299 g/mol. The lowest BCUT2D eigenvalue weighted by Gasteiger charge is -2.22. The molecule has 0 unspecified atom stereocenters. The van der Waals surface area contributed by atoms with Gasteiger partial charge in [-0.1, -0.05) is 11.8 Å². The topological polar surface area (TPSA) is 95.1 Å². The van der Waals surface area contributed by atoms with Crippen molar-refractivity contribution >= 4 is 17.7 Å². The van der Waals surface area contributed by atoms with E-state index in [1.165, 1.54) is 11.8 Å². The van der Waals surface area contributed by atoms with Crippen LogP contribution in [-0.2, 0) is 22.6 Å². The molecule has 1 amide bonds. The Morgan fingerprint density at radius 1 is 1.50 bits per heavy atom. The third-order valence-electron chi connectivity index (χ3n) is 3.21. The van der Waals surface area contributed by atoms with Gasteiger partial charge in [0.1, 0.15) is 5.82 Å². The Bertz CT molecular complexity index is 445. The number of carbonyl (C=O) groups excluding carboxylic acids is 1. The van der Waals surface area contributed by atoms with Gasteiger partial charge < -0.3 is 20.4 Å². The van der Waals surface area contributed by atoms with Gasteiger partial charge in [0.25, 0.3) is 0 Å². The largest absolute Gasteiger partial charge is 0.381 e. The van der Waals surface area contributed by atoms with Crippen LogP contribution in [0.1, 0.15) is 25.6 Å². The third kappa shape index (κ3) is 3.94. The maximum absolute atomic E-state index is 11.9. The van der Waals surface area contributed by atoms with Gasteiger partial charge in [-0.3, -0.25) is 4.79 Å². The zero-order valence-electron chi connectivity index (χ0n) is 11.7. The van der Waals surface area contributed by atoms with Crippen LogP contribution in [0.2, 0.25) is 0 Å². The molecule has 0 spiro atoms. The maximum atomic E-state index is 11.9. The van der Waals surface area contributed by atoms with Gasteiger partial charge in [0.05, 0.1) is 12.3 Å². The molecular weight excluding hydrogens is 278 g/mol. The predicted octanol–water partition coefficient (Wildman–Crippen LogP) is 0.144. The summed E-state index contributed by atoms with van der Waals surface area (Å²) >= 11 is 1.40. The van der Waals surface area contributed by atoms with E-state index in [1.807, 2.05) is 11.5 Å². The van der Waals surface area contributed by atoms with Gasteiger partial charge in [0.2, 0.25) is 5.91 Å². The van der Waals surface area contributed by atoms with E-state index in [0.29, 0.717) is 12.3 Å². The molecule has 1 aromatic rings. The summed E-state index contributed by atoms with van der Waals surface area (Å²) in [6.45, 7) is 4.57. The summed E-state index contributed by atoms with van der Waals surface area (Å²) in [5, 5.41) is 11.9. The van der Waals surface area contributed by atoms with Crippen LogP contribution in [0.5, 0.6) is 0 Å². The van der Waals surface area contributed by atoms with E-state index in [0.717, 1.165) is 43.6 Å². The molecule has 1 fully saturated rings. The van der Waals surface area contributed by atoms with Gasteiger partial charge in [-0.15, -0.1) is 10.2 Å². The van der Waals surface area contributed by atoms with E-state index >= 15 is 0 Å². The number of aromatic nitrogens is 3. The number of nitrogens with zero attached hydrogens (tertiary/aromatic N) is 3. The van der Waals surface area contributed by atoms with Crippen molar-refractivity contribution in [2.24, 2.45) is 5.73 Å².